The Labute approximate surface area is 165 Å². The molecule has 156 valence electrons. The molecule has 1 aliphatic rings. The molecule has 1 fully saturated rings. The highest BCUT2D eigenvalue weighted by molar-refractivity contribution is 7.89. The maximum absolute atomic E-state index is 12.8. The molecule has 0 radical (unpaired) electrons. The molecule has 0 amide bonds. The number of esters is 2. The minimum atomic E-state index is -3.68. The first-order valence-electron chi connectivity index (χ1n) is 9.41. The number of benzene rings is 1. The van der Waals surface area contributed by atoms with Gasteiger partial charge in [0.1, 0.15) is 6.61 Å². The van der Waals surface area contributed by atoms with E-state index in [1.54, 1.807) is 6.92 Å². The summed E-state index contributed by atoms with van der Waals surface area (Å²) in [5.74, 6) is -1.11. The minimum absolute atomic E-state index is 0.110. The van der Waals surface area contributed by atoms with Crippen molar-refractivity contribution in [1.29, 1.82) is 0 Å². The van der Waals surface area contributed by atoms with Crippen LogP contribution in [0.1, 0.15) is 37.0 Å². The van der Waals surface area contributed by atoms with Crippen LogP contribution in [0.25, 0.3) is 0 Å². The standard InChI is InChI=1S/C19H27NO7S/c1-3-25-13-14-27-19(22)16-9-11-20(12-10-16)28(23,24)17-7-5-15(6-8-17)18(21)26-4-2/h5-8,16H,3-4,9-14H2,1-2H3. The second-order valence-corrected chi connectivity index (χ2v) is 8.23. The first-order chi connectivity index (χ1) is 13.4. The maximum Gasteiger partial charge on any atom is 0.338 e. The molecule has 8 nitrogen and oxygen atoms in total. The molecule has 0 atom stereocenters. The molecule has 2 rings (SSSR count). The first-order valence-corrected chi connectivity index (χ1v) is 10.9. The van der Waals surface area contributed by atoms with Gasteiger partial charge in [0.05, 0.1) is 29.6 Å². The highest BCUT2D eigenvalue weighted by atomic mass is 32.2. The van der Waals surface area contributed by atoms with Gasteiger partial charge in [-0.25, -0.2) is 13.2 Å². The van der Waals surface area contributed by atoms with Gasteiger partial charge in [-0.3, -0.25) is 4.79 Å². The van der Waals surface area contributed by atoms with Gasteiger partial charge in [0, 0.05) is 19.7 Å². The highest BCUT2D eigenvalue weighted by Gasteiger charge is 2.32. The summed E-state index contributed by atoms with van der Waals surface area (Å²) in [4.78, 5) is 23.8. The fourth-order valence-corrected chi connectivity index (χ4v) is 4.39. The molecule has 0 bridgehead atoms. The lowest BCUT2D eigenvalue weighted by Gasteiger charge is -2.30. The van der Waals surface area contributed by atoms with Gasteiger partial charge in [-0.1, -0.05) is 0 Å². The molecule has 0 unspecified atom stereocenters. The lowest BCUT2D eigenvalue weighted by Crippen LogP contribution is -2.40. The molecule has 1 saturated heterocycles. The second-order valence-electron chi connectivity index (χ2n) is 6.29. The van der Waals surface area contributed by atoms with E-state index in [-0.39, 0.29) is 43.1 Å². The third-order valence-electron chi connectivity index (χ3n) is 4.47. The number of nitrogens with zero attached hydrogens (tertiary/aromatic N) is 1. The molecular weight excluding hydrogens is 386 g/mol. The number of carbonyl (C=O) groups is 2. The van der Waals surface area contributed by atoms with Crippen molar-refractivity contribution in [2.24, 2.45) is 5.92 Å². The van der Waals surface area contributed by atoms with E-state index < -0.39 is 16.0 Å². The number of rotatable bonds is 9. The lowest BCUT2D eigenvalue weighted by atomic mass is 9.98. The average molecular weight is 413 g/mol. The molecule has 1 aromatic rings. The summed E-state index contributed by atoms with van der Waals surface area (Å²) >= 11 is 0. The summed E-state index contributed by atoms with van der Waals surface area (Å²) in [7, 11) is -3.68. The van der Waals surface area contributed by atoms with Crippen LogP contribution >= 0.6 is 0 Å². The van der Waals surface area contributed by atoms with Gasteiger partial charge in [0.15, 0.2) is 0 Å². The quantitative estimate of drug-likeness (QED) is 0.450. The number of hydrogen-bond donors (Lipinski definition) is 0. The van der Waals surface area contributed by atoms with E-state index >= 15 is 0 Å². The third-order valence-corrected chi connectivity index (χ3v) is 6.38. The monoisotopic (exact) mass is 413 g/mol. The summed E-state index contributed by atoms with van der Waals surface area (Å²) in [5, 5.41) is 0. The normalized spacial score (nSPS) is 15.9. The van der Waals surface area contributed by atoms with Gasteiger partial charge in [-0.15, -0.1) is 0 Å². The Morgan fingerprint density at radius 3 is 2.21 bits per heavy atom. The molecule has 0 aromatic heterocycles. The molecule has 0 aliphatic carbocycles. The average Bonchev–Trinajstić information content (AvgIpc) is 2.71. The van der Waals surface area contributed by atoms with Crippen LogP contribution < -0.4 is 0 Å². The van der Waals surface area contributed by atoms with Crippen molar-refractivity contribution >= 4 is 22.0 Å². The van der Waals surface area contributed by atoms with Crippen LogP contribution in [-0.4, -0.2) is 64.2 Å². The number of piperidine rings is 1. The number of hydrogen-bond acceptors (Lipinski definition) is 7. The first kappa shape index (κ1) is 22.3. The van der Waals surface area contributed by atoms with E-state index in [2.05, 4.69) is 0 Å². The lowest BCUT2D eigenvalue weighted by molar-refractivity contribution is -0.151. The zero-order chi connectivity index (χ0) is 20.6. The molecule has 0 spiro atoms. The van der Waals surface area contributed by atoms with Gasteiger partial charge in [-0.2, -0.15) is 4.31 Å². The predicted molar refractivity (Wildman–Crippen MR) is 101 cm³/mol. The summed E-state index contributed by atoms with van der Waals surface area (Å²) in [6.45, 7) is 5.43. The Balaban J connectivity index is 1.92. The van der Waals surface area contributed by atoms with Crippen LogP contribution in [0.15, 0.2) is 29.2 Å². The molecular formula is C19H27NO7S. The summed E-state index contributed by atoms with van der Waals surface area (Å²) in [5.41, 5.74) is 0.300. The fraction of sp³-hybridized carbons (Fsp3) is 0.579. The Morgan fingerprint density at radius 2 is 1.64 bits per heavy atom. The molecule has 28 heavy (non-hydrogen) atoms. The van der Waals surface area contributed by atoms with Crippen LogP contribution in [0.5, 0.6) is 0 Å². The molecule has 9 heteroatoms. The van der Waals surface area contributed by atoms with Gasteiger partial charge in [-0.05, 0) is 51.0 Å². The second kappa shape index (κ2) is 10.5. The number of ether oxygens (including phenoxy) is 3. The van der Waals surface area contributed by atoms with Gasteiger partial charge >= 0.3 is 11.9 Å². The Kier molecular flexibility index (Phi) is 8.40. The van der Waals surface area contributed by atoms with Crippen molar-refractivity contribution in [3.8, 4) is 0 Å². The largest absolute Gasteiger partial charge is 0.463 e. The maximum atomic E-state index is 12.8. The SMILES string of the molecule is CCOCCOC(=O)C1CCN(S(=O)(=O)c2ccc(C(=O)OCC)cc2)CC1. The Bertz CT molecular complexity index is 753. The summed E-state index contributed by atoms with van der Waals surface area (Å²) < 4.78 is 42.1. The predicted octanol–water partition coefficient (Wildman–Crippen LogP) is 1.84. The molecule has 0 saturated carbocycles. The van der Waals surface area contributed by atoms with E-state index in [1.165, 1.54) is 28.6 Å². The zero-order valence-electron chi connectivity index (χ0n) is 16.3. The van der Waals surface area contributed by atoms with Crippen LogP contribution in [0.2, 0.25) is 0 Å². The summed E-state index contributed by atoms with van der Waals surface area (Å²) in [6.07, 6.45) is 0.821. The van der Waals surface area contributed by atoms with Crippen molar-refractivity contribution in [2.45, 2.75) is 31.6 Å². The third kappa shape index (κ3) is 5.76. The van der Waals surface area contributed by atoms with Crippen molar-refractivity contribution in [3.05, 3.63) is 29.8 Å². The van der Waals surface area contributed by atoms with E-state index in [4.69, 9.17) is 14.2 Å². The number of sulfonamides is 1. The van der Waals surface area contributed by atoms with Crippen molar-refractivity contribution in [3.63, 3.8) is 0 Å². The van der Waals surface area contributed by atoms with Crippen molar-refractivity contribution in [1.82, 2.24) is 4.31 Å². The minimum Gasteiger partial charge on any atom is -0.463 e. The van der Waals surface area contributed by atoms with Crippen molar-refractivity contribution in [2.75, 3.05) is 39.5 Å². The van der Waals surface area contributed by atoms with Gasteiger partial charge in [0.2, 0.25) is 10.0 Å². The topological polar surface area (TPSA) is 99.2 Å². The van der Waals surface area contributed by atoms with Crippen molar-refractivity contribution < 1.29 is 32.2 Å². The van der Waals surface area contributed by atoms with Crippen LogP contribution in [-0.2, 0) is 29.0 Å². The number of carbonyl (C=O) groups excluding carboxylic acids is 2. The molecule has 1 aromatic carbocycles. The Morgan fingerprint density at radius 1 is 1.00 bits per heavy atom. The highest BCUT2D eigenvalue weighted by Crippen LogP contribution is 2.25. The fourth-order valence-electron chi connectivity index (χ4n) is 2.92. The van der Waals surface area contributed by atoms with Gasteiger partial charge < -0.3 is 14.2 Å². The smallest absolute Gasteiger partial charge is 0.338 e. The molecule has 1 heterocycles. The van der Waals surface area contributed by atoms with E-state index in [0.717, 1.165) is 0 Å². The molecule has 0 N–H and O–H groups in total. The van der Waals surface area contributed by atoms with E-state index in [0.29, 0.717) is 31.6 Å². The molecule has 1 aliphatic heterocycles. The zero-order valence-corrected chi connectivity index (χ0v) is 17.1. The van der Waals surface area contributed by atoms with E-state index in [9.17, 15) is 18.0 Å². The van der Waals surface area contributed by atoms with Crippen LogP contribution in [0.3, 0.4) is 0 Å². The Hall–Kier alpha value is -1.97. The van der Waals surface area contributed by atoms with Gasteiger partial charge in [0.25, 0.3) is 0 Å². The van der Waals surface area contributed by atoms with Crippen LogP contribution in [0.4, 0.5) is 0 Å². The van der Waals surface area contributed by atoms with E-state index in [1.807, 2.05) is 6.92 Å². The van der Waals surface area contributed by atoms with Crippen LogP contribution in [0, 0.1) is 5.92 Å². The summed E-state index contributed by atoms with van der Waals surface area (Å²) in [6, 6.07) is 5.67.